The Hall–Kier alpha value is -1.19. The summed E-state index contributed by atoms with van der Waals surface area (Å²) in [6, 6.07) is 0.247. The van der Waals surface area contributed by atoms with Crippen LogP contribution in [0.2, 0.25) is 0 Å². The lowest BCUT2D eigenvalue weighted by Crippen LogP contribution is -2.17. The van der Waals surface area contributed by atoms with Crippen molar-refractivity contribution in [3.05, 3.63) is 12.2 Å². The molecular weight excluding hydrogens is 238 g/mol. The molecule has 0 aliphatic carbocycles. The summed E-state index contributed by atoms with van der Waals surface area (Å²) in [4.78, 5) is 16.3. The van der Waals surface area contributed by atoms with Gasteiger partial charge in [0.25, 0.3) is 0 Å². The Morgan fingerprint density at radius 3 is 2.47 bits per heavy atom. The van der Waals surface area contributed by atoms with Gasteiger partial charge in [-0.25, -0.2) is 9.67 Å². The summed E-state index contributed by atoms with van der Waals surface area (Å²) >= 11 is 0. The van der Waals surface area contributed by atoms with Crippen LogP contribution in [0.1, 0.15) is 66.3 Å². The van der Waals surface area contributed by atoms with Gasteiger partial charge in [-0.3, -0.25) is 4.79 Å². The van der Waals surface area contributed by atoms with Gasteiger partial charge in [-0.2, -0.15) is 5.10 Å². The zero-order valence-corrected chi connectivity index (χ0v) is 13.1. The van der Waals surface area contributed by atoms with Crippen molar-refractivity contribution in [3.8, 4) is 0 Å². The Balaban J connectivity index is 2.54. The van der Waals surface area contributed by atoms with Gasteiger partial charge >= 0.3 is 0 Å². The SMILES string of the molecule is CC(CC(=O)Cc1ncnn1C(C)C)CC(C)(C)C. The van der Waals surface area contributed by atoms with E-state index in [2.05, 4.69) is 37.8 Å². The first-order valence-electron chi connectivity index (χ1n) is 7.09. The van der Waals surface area contributed by atoms with E-state index < -0.39 is 0 Å². The minimum Gasteiger partial charge on any atom is -0.299 e. The molecule has 19 heavy (non-hydrogen) atoms. The molecule has 0 N–H and O–H groups in total. The average Bonchev–Trinajstić information content (AvgIpc) is 2.61. The molecule has 1 atom stereocenters. The third-order valence-electron chi connectivity index (χ3n) is 3.03. The molecule has 0 saturated carbocycles. The van der Waals surface area contributed by atoms with Crippen LogP contribution in [-0.4, -0.2) is 20.5 Å². The predicted octanol–water partition coefficient (Wildman–Crippen LogP) is 3.43. The average molecular weight is 265 g/mol. The summed E-state index contributed by atoms with van der Waals surface area (Å²) in [5, 5.41) is 4.16. The summed E-state index contributed by atoms with van der Waals surface area (Å²) in [7, 11) is 0. The highest BCUT2D eigenvalue weighted by atomic mass is 16.1. The van der Waals surface area contributed by atoms with Crippen LogP contribution in [0.5, 0.6) is 0 Å². The molecule has 0 aliphatic heterocycles. The molecular formula is C15H27N3O. The van der Waals surface area contributed by atoms with Gasteiger partial charge in [-0.05, 0) is 31.6 Å². The molecule has 1 rings (SSSR count). The molecule has 1 aromatic heterocycles. The second kappa shape index (κ2) is 6.31. The lowest BCUT2D eigenvalue weighted by Gasteiger charge is -2.22. The van der Waals surface area contributed by atoms with Gasteiger partial charge in [0.2, 0.25) is 0 Å². The van der Waals surface area contributed by atoms with Crippen LogP contribution in [0, 0.1) is 11.3 Å². The molecule has 108 valence electrons. The van der Waals surface area contributed by atoms with E-state index in [-0.39, 0.29) is 17.2 Å². The minimum atomic E-state index is 0.247. The zero-order chi connectivity index (χ0) is 14.6. The second-order valence-corrected chi connectivity index (χ2v) is 7.00. The fourth-order valence-corrected chi connectivity index (χ4v) is 2.59. The van der Waals surface area contributed by atoms with E-state index in [1.54, 1.807) is 0 Å². The molecule has 0 aromatic carbocycles. The van der Waals surface area contributed by atoms with Gasteiger partial charge in [0.1, 0.15) is 17.9 Å². The second-order valence-electron chi connectivity index (χ2n) is 7.00. The van der Waals surface area contributed by atoms with Crippen molar-refractivity contribution in [2.75, 3.05) is 0 Å². The molecule has 0 aliphatic rings. The van der Waals surface area contributed by atoms with Crippen LogP contribution >= 0.6 is 0 Å². The summed E-state index contributed by atoms with van der Waals surface area (Å²) in [6.45, 7) is 12.9. The first-order valence-corrected chi connectivity index (χ1v) is 7.09. The molecule has 0 saturated heterocycles. The van der Waals surface area contributed by atoms with Gasteiger partial charge in [0, 0.05) is 12.5 Å². The first-order chi connectivity index (χ1) is 8.69. The van der Waals surface area contributed by atoms with Crippen LogP contribution in [0.15, 0.2) is 6.33 Å². The Morgan fingerprint density at radius 2 is 1.95 bits per heavy atom. The highest BCUT2D eigenvalue weighted by Gasteiger charge is 2.19. The highest BCUT2D eigenvalue weighted by Crippen LogP contribution is 2.26. The molecule has 4 nitrogen and oxygen atoms in total. The van der Waals surface area contributed by atoms with Crippen LogP contribution in [0.25, 0.3) is 0 Å². The van der Waals surface area contributed by atoms with E-state index in [9.17, 15) is 4.79 Å². The first kappa shape index (κ1) is 15.9. The van der Waals surface area contributed by atoms with Gasteiger partial charge in [-0.15, -0.1) is 0 Å². The molecule has 0 amide bonds. The van der Waals surface area contributed by atoms with E-state index in [4.69, 9.17) is 0 Å². The summed E-state index contributed by atoms with van der Waals surface area (Å²) in [5.41, 5.74) is 0.275. The largest absolute Gasteiger partial charge is 0.299 e. The number of carbonyl (C=O) groups is 1. The Bertz CT molecular complexity index is 415. The van der Waals surface area contributed by atoms with Crippen LogP contribution in [0.3, 0.4) is 0 Å². The normalized spacial score (nSPS) is 13.8. The maximum Gasteiger partial charge on any atom is 0.140 e. The monoisotopic (exact) mass is 265 g/mol. The number of hydrogen-bond donors (Lipinski definition) is 0. The molecule has 1 aromatic rings. The van der Waals surface area contributed by atoms with Crippen molar-refractivity contribution >= 4 is 5.78 Å². The number of nitrogens with zero attached hydrogens (tertiary/aromatic N) is 3. The lowest BCUT2D eigenvalue weighted by molar-refractivity contribution is -0.119. The van der Waals surface area contributed by atoms with E-state index in [1.165, 1.54) is 6.33 Å². The van der Waals surface area contributed by atoms with E-state index in [1.807, 2.05) is 18.5 Å². The van der Waals surface area contributed by atoms with Crippen LogP contribution < -0.4 is 0 Å². The standard InChI is InChI=1S/C15H27N3O/c1-11(2)18-14(16-10-17-18)8-13(19)7-12(3)9-15(4,5)6/h10-12H,7-9H2,1-6H3. The Labute approximate surface area is 116 Å². The highest BCUT2D eigenvalue weighted by molar-refractivity contribution is 5.80. The van der Waals surface area contributed by atoms with Crippen molar-refractivity contribution < 1.29 is 4.79 Å². The van der Waals surface area contributed by atoms with E-state index >= 15 is 0 Å². The van der Waals surface area contributed by atoms with Gasteiger partial charge in [0.05, 0.1) is 6.42 Å². The van der Waals surface area contributed by atoms with Gasteiger partial charge < -0.3 is 0 Å². The summed E-state index contributed by atoms with van der Waals surface area (Å²) in [5.74, 6) is 1.46. The topological polar surface area (TPSA) is 47.8 Å². The fourth-order valence-electron chi connectivity index (χ4n) is 2.59. The summed E-state index contributed by atoms with van der Waals surface area (Å²) < 4.78 is 1.83. The maximum atomic E-state index is 12.1. The van der Waals surface area contributed by atoms with Crippen LogP contribution in [-0.2, 0) is 11.2 Å². The number of carbonyl (C=O) groups excluding carboxylic acids is 1. The molecule has 4 heteroatoms. The van der Waals surface area contributed by atoms with Crippen LogP contribution in [0.4, 0.5) is 0 Å². The maximum absolute atomic E-state index is 12.1. The third kappa shape index (κ3) is 5.53. The zero-order valence-electron chi connectivity index (χ0n) is 13.1. The van der Waals surface area contributed by atoms with Crippen molar-refractivity contribution in [3.63, 3.8) is 0 Å². The van der Waals surface area contributed by atoms with Crippen molar-refractivity contribution in [1.29, 1.82) is 0 Å². The van der Waals surface area contributed by atoms with Crippen molar-refractivity contribution in [1.82, 2.24) is 14.8 Å². The lowest BCUT2D eigenvalue weighted by atomic mass is 9.83. The minimum absolute atomic E-state index is 0.247. The Kier molecular flexibility index (Phi) is 5.27. The number of hydrogen-bond acceptors (Lipinski definition) is 3. The quantitative estimate of drug-likeness (QED) is 0.791. The smallest absolute Gasteiger partial charge is 0.140 e. The molecule has 0 radical (unpaired) electrons. The fraction of sp³-hybridized carbons (Fsp3) is 0.800. The van der Waals surface area contributed by atoms with E-state index in [0.29, 0.717) is 18.8 Å². The van der Waals surface area contributed by atoms with E-state index in [0.717, 1.165) is 12.2 Å². The molecule has 0 fully saturated rings. The number of rotatable bonds is 6. The van der Waals surface area contributed by atoms with Gasteiger partial charge in [-0.1, -0.05) is 27.7 Å². The van der Waals surface area contributed by atoms with Crippen molar-refractivity contribution in [2.45, 2.75) is 66.8 Å². The van der Waals surface area contributed by atoms with Crippen molar-refractivity contribution in [2.24, 2.45) is 11.3 Å². The number of ketones is 1. The number of Topliss-reactive ketones (excluding diaryl/α,β-unsaturated/α-hetero) is 1. The Morgan fingerprint density at radius 1 is 1.32 bits per heavy atom. The summed E-state index contributed by atoms with van der Waals surface area (Å²) in [6.07, 6.45) is 3.62. The predicted molar refractivity (Wildman–Crippen MR) is 77.0 cm³/mol. The third-order valence-corrected chi connectivity index (χ3v) is 3.03. The molecule has 1 unspecified atom stereocenters. The molecule has 0 bridgehead atoms. The molecule has 0 spiro atoms. The molecule has 1 heterocycles. The number of aromatic nitrogens is 3. The van der Waals surface area contributed by atoms with Gasteiger partial charge in [0.15, 0.2) is 0 Å².